The van der Waals surface area contributed by atoms with Crippen LogP contribution in [0, 0.1) is 13.5 Å². The Labute approximate surface area is 168 Å². The maximum absolute atomic E-state index is 7.46. The topological polar surface area (TPSA) is 12.6 Å². The van der Waals surface area contributed by atoms with Crippen molar-refractivity contribution in [2.24, 2.45) is 7.05 Å². The van der Waals surface area contributed by atoms with Crippen molar-refractivity contribution in [3.05, 3.63) is 77.3 Å². The Bertz CT molecular complexity index is 1660. The van der Waals surface area contributed by atoms with E-state index in [0.29, 0.717) is 5.69 Å². The van der Waals surface area contributed by atoms with Gasteiger partial charge in [-0.25, -0.2) is 9.41 Å². The molecule has 0 radical (unpaired) electrons. The van der Waals surface area contributed by atoms with Gasteiger partial charge in [-0.15, -0.1) is 0 Å². The number of nitrogens with zero attached hydrogens (tertiary/aromatic N) is 3. The van der Waals surface area contributed by atoms with E-state index in [1.807, 2.05) is 12.1 Å². The SMILES string of the molecule is [C-]#[N+]c1ccc2c(c1)c1ccc(C)c3c1n2c1cc(CC)cc2cc[n+](C)c3c21. The van der Waals surface area contributed by atoms with Gasteiger partial charge in [0, 0.05) is 11.5 Å². The molecule has 3 aromatic carbocycles. The normalized spacial score (nSPS) is 12.1. The molecule has 3 heteroatoms. The van der Waals surface area contributed by atoms with Crippen LogP contribution in [-0.4, -0.2) is 4.40 Å². The zero-order valence-electron chi connectivity index (χ0n) is 16.7. The molecule has 0 amide bonds. The molecule has 0 bridgehead atoms. The summed E-state index contributed by atoms with van der Waals surface area (Å²) in [4.78, 5) is 3.67. The van der Waals surface area contributed by atoms with Crippen LogP contribution >= 0.6 is 0 Å². The first kappa shape index (κ1) is 16.3. The molecule has 0 fully saturated rings. The van der Waals surface area contributed by atoms with Crippen LogP contribution in [0.3, 0.4) is 0 Å². The van der Waals surface area contributed by atoms with Crippen LogP contribution in [0.1, 0.15) is 18.1 Å². The first-order valence-corrected chi connectivity index (χ1v) is 10.0. The Kier molecular flexibility index (Phi) is 3.07. The molecule has 0 unspecified atom stereocenters. The smallest absolute Gasteiger partial charge is 0.224 e. The highest BCUT2D eigenvalue weighted by Gasteiger charge is 2.23. The zero-order chi connectivity index (χ0) is 19.9. The second kappa shape index (κ2) is 5.46. The fraction of sp³-hybridized carbons (Fsp3) is 0.154. The van der Waals surface area contributed by atoms with Gasteiger partial charge in [-0.05, 0) is 53.4 Å². The van der Waals surface area contributed by atoms with Crippen LogP contribution in [0.4, 0.5) is 5.69 Å². The maximum atomic E-state index is 7.46. The van der Waals surface area contributed by atoms with Crippen LogP contribution in [0.15, 0.2) is 54.7 Å². The largest absolute Gasteiger partial charge is 0.308 e. The van der Waals surface area contributed by atoms with E-state index in [4.69, 9.17) is 6.57 Å². The third-order valence-corrected chi connectivity index (χ3v) is 6.41. The second-order valence-electron chi connectivity index (χ2n) is 8.01. The number of hydrogen-bond acceptors (Lipinski definition) is 0. The van der Waals surface area contributed by atoms with E-state index in [0.717, 1.165) is 11.8 Å². The minimum Gasteiger partial charge on any atom is -0.308 e. The summed E-state index contributed by atoms with van der Waals surface area (Å²) < 4.78 is 4.68. The average Bonchev–Trinajstić information content (AvgIpc) is 3.07. The Morgan fingerprint density at radius 3 is 2.62 bits per heavy atom. The van der Waals surface area contributed by atoms with Gasteiger partial charge in [-0.2, -0.15) is 0 Å². The third kappa shape index (κ3) is 1.93. The standard InChI is InChI=1S/C26H20N3/c1-5-16-12-17-10-11-28(4)26-23-15(2)6-8-19-20-14-18(27-3)7-9-21(20)29(25(19)23)22(13-16)24(17)26/h6-14H,5H2,1-2,4H3/q+1. The lowest BCUT2D eigenvalue weighted by Gasteiger charge is -2.14. The lowest BCUT2D eigenvalue weighted by molar-refractivity contribution is -0.643. The van der Waals surface area contributed by atoms with Crippen LogP contribution in [0.2, 0.25) is 0 Å². The minimum atomic E-state index is 0.688. The lowest BCUT2D eigenvalue weighted by atomic mass is 9.98. The molecule has 6 aromatic rings. The molecule has 0 spiro atoms. The number of fused-ring (bicyclic) bond motifs is 5. The summed E-state index contributed by atoms with van der Waals surface area (Å²) >= 11 is 0. The molecular weight excluding hydrogens is 354 g/mol. The first-order valence-electron chi connectivity index (χ1n) is 10.0. The lowest BCUT2D eigenvalue weighted by Crippen LogP contribution is -2.29. The van der Waals surface area contributed by atoms with Crippen LogP contribution in [-0.2, 0) is 13.5 Å². The number of aryl methyl sites for hydroxylation is 3. The van der Waals surface area contributed by atoms with Gasteiger partial charge < -0.3 is 4.40 Å². The molecule has 0 atom stereocenters. The van der Waals surface area contributed by atoms with Crippen molar-refractivity contribution >= 4 is 54.7 Å². The molecule has 138 valence electrons. The highest BCUT2D eigenvalue weighted by atomic mass is 15.0. The quantitative estimate of drug-likeness (QED) is 0.140. The molecule has 0 saturated heterocycles. The van der Waals surface area contributed by atoms with Gasteiger partial charge in [0.15, 0.2) is 11.9 Å². The highest BCUT2D eigenvalue weighted by Crippen LogP contribution is 2.41. The van der Waals surface area contributed by atoms with Gasteiger partial charge in [-0.1, -0.05) is 31.2 Å². The summed E-state index contributed by atoms with van der Waals surface area (Å²) in [6.07, 6.45) is 3.18. The van der Waals surface area contributed by atoms with Gasteiger partial charge in [0.05, 0.1) is 33.9 Å². The van der Waals surface area contributed by atoms with Crippen molar-refractivity contribution in [2.45, 2.75) is 20.3 Å². The van der Waals surface area contributed by atoms with Gasteiger partial charge in [0.25, 0.3) is 0 Å². The summed E-state index contributed by atoms with van der Waals surface area (Å²) in [6.45, 7) is 11.9. The fourth-order valence-corrected chi connectivity index (χ4v) is 5.04. The molecule has 3 heterocycles. The monoisotopic (exact) mass is 374 g/mol. The molecule has 29 heavy (non-hydrogen) atoms. The minimum absolute atomic E-state index is 0.688. The second-order valence-corrected chi connectivity index (χ2v) is 8.01. The molecule has 0 aliphatic heterocycles. The molecule has 3 nitrogen and oxygen atoms in total. The van der Waals surface area contributed by atoms with Gasteiger partial charge in [0.1, 0.15) is 7.05 Å². The average molecular weight is 374 g/mol. The van der Waals surface area contributed by atoms with E-state index < -0.39 is 0 Å². The van der Waals surface area contributed by atoms with Crippen molar-refractivity contribution < 1.29 is 4.57 Å². The molecule has 6 rings (SSSR count). The summed E-state index contributed by atoms with van der Waals surface area (Å²) in [5.74, 6) is 0. The predicted molar refractivity (Wildman–Crippen MR) is 120 cm³/mol. The van der Waals surface area contributed by atoms with Crippen molar-refractivity contribution in [1.29, 1.82) is 0 Å². The molecule has 3 aromatic heterocycles. The van der Waals surface area contributed by atoms with Gasteiger partial charge >= 0.3 is 0 Å². The van der Waals surface area contributed by atoms with Crippen LogP contribution < -0.4 is 4.57 Å². The van der Waals surface area contributed by atoms with Crippen LogP contribution in [0.5, 0.6) is 0 Å². The summed E-state index contributed by atoms with van der Waals surface area (Å²) in [6, 6.07) is 17.4. The maximum Gasteiger partial charge on any atom is 0.224 e. The fourth-order valence-electron chi connectivity index (χ4n) is 5.04. The van der Waals surface area contributed by atoms with Crippen molar-refractivity contribution in [3.63, 3.8) is 0 Å². The Balaban J connectivity index is 2.08. The number of aromatic nitrogens is 2. The van der Waals surface area contributed by atoms with E-state index >= 15 is 0 Å². The number of pyridine rings is 2. The van der Waals surface area contributed by atoms with Crippen molar-refractivity contribution in [2.75, 3.05) is 0 Å². The molecule has 0 N–H and O–H groups in total. The Hall–Kier alpha value is -3.64. The van der Waals surface area contributed by atoms with Gasteiger partial charge in [-0.3, -0.25) is 0 Å². The number of rotatable bonds is 1. The Morgan fingerprint density at radius 2 is 1.83 bits per heavy atom. The van der Waals surface area contributed by atoms with E-state index in [-0.39, 0.29) is 0 Å². The number of benzene rings is 3. The van der Waals surface area contributed by atoms with Crippen LogP contribution in [0.25, 0.3) is 53.8 Å². The Morgan fingerprint density at radius 1 is 0.966 bits per heavy atom. The molecule has 0 saturated carbocycles. The van der Waals surface area contributed by atoms with Crippen molar-refractivity contribution in [1.82, 2.24) is 4.40 Å². The molecular formula is C26H20N3+. The molecule has 0 aliphatic rings. The summed E-state index contributed by atoms with van der Waals surface area (Å²) in [5.41, 5.74) is 8.27. The third-order valence-electron chi connectivity index (χ3n) is 6.41. The van der Waals surface area contributed by atoms with Crippen molar-refractivity contribution in [3.8, 4) is 0 Å². The highest BCUT2D eigenvalue weighted by molar-refractivity contribution is 6.26. The predicted octanol–water partition coefficient (Wildman–Crippen LogP) is 6.24. The summed E-state index contributed by atoms with van der Waals surface area (Å²) in [7, 11) is 2.14. The van der Waals surface area contributed by atoms with E-state index in [1.54, 1.807) is 0 Å². The van der Waals surface area contributed by atoms with E-state index in [1.165, 1.54) is 54.7 Å². The zero-order valence-corrected chi connectivity index (χ0v) is 16.7. The summed E-state index contributed by atoms with van der Waals surface area (Å²) in [5, 5.41) is 6.26. The van der Waals surface area contributed by atoms with E-state index in [2.05, 4.69) is 77.3 Å². The van der Waals surface area contributed by atoms with E-state index in [9.17, 15) is 0 Å². The number of hydrogen-bond donors (Lipinski definition) is 0. The molecule has 0 aliphatic carbocycles. The first-order chi connectivity index (χ1) is 14.1. The van der Waals surface area contributed by atoms with Gasteiger partial charge in [0.2, 0.25) is 5.52 Å².